The number of hydrogen-bond acceptors (Lipinski definition) is 1. The second-order valence-corrected chi connectivity index (χ2v) is 5.67. The predicted octanol–water partition coefficient (Wildman–Crippen LogP) is 3.39. The van der Waals surface area contributed by atoms with Gasteiger partial charge in [0.15, 0.2) is 0 Å². The van der Waals surface area contributed by atoms with E-state index in [1.807, 2.05) is 12.1 Å². The van der Waals surface area contributed by atoms with Crippen molar-refractivity contribution < 1.29 is 4.79 Å². The van der Waals surface area contributed by atoms with Crippen molar-refractivity contribution in [2.45, 2.75) is 31.7 Å². The third kappa shape index (κ3) is 1.59. The predicted molar refractivity (Wildman–Crippen MR) is 76.3 cm³/mol. The molecule has 0 bridgehead atoms. The van der Waals surface area contributed by atoms with Crippen molar-refractivity contribution >= 4 is 16.7 Å². The van der Waals surface area contributed by atoms with Gasteiger partial charge < -0.3 is 4.90 Å². The molecule has 1 atom stereocenters. The molecule has 2 aromatic rings. The number of nitrogens with zero attached hydrogens (tertiary/aromatic N) is 1. The van der Waals surface area contributed by atoms with Gasteiger partial charge in [0.25, 0.3) is 5.91 Å². The standard InChI is InChI=1S/C17H17NO/c19-17-16-13(11-14-6-3-4-10-18(14)17)9-8-12-5-1-2-7-15(12)16/h1-2,5,7-9,14H,3-4,6,10-11H2. The summed E-state index contributed by atoms with van der Waals surface area (Å²) in [6, 6.07) is 13.0. The first-order chi connectivity index (χ1) is 9.34. The van der Waals surface area contributed by atoms with E-state index in [4.69, 9.17) is 0 Å². The van der Waals surface area contributed by atoms with Crippen LogP contribution >= 0.6 is 0 Å². The fourth-order valence-electron chi connectivity index (χ4n) is 3.62. The fraction of sp³-hybridized carbons (Fsp3) is 0.353. The average Bonchev–Trinajstić information content (AvgIpc) is 2.47. The van der Waals surface area contributed by atoms with Crippen LogP contribution < -0.4 is 0 Å². The first kappa shape index (κ1) is 11.0. The summed E-state index contributed by atoms with van der Waals surface area (Å²) in [5.74, 6) is 0.253. The van der Waals surface area contributed by atoms with E-state index >= 15 is 0 Å². The Labute approximate surface area is 113 Å². The Bertz CT molecular complexity index is 661. The van der Waals surface area contributed by atoms with Crippen LogP contribution in [0.1, 0.15) is 35.2 Å². The van der Waals surface area contributed by atoms with Crippen molar-refractivity contribution in [2.75, 3.05) is 6.54 Å². The molecule has 2 aliphatic rings. The molecule has 2 nitrogen and oxygen atoms in total. The summed E-state index contributed by atoms with van der Waals surface area (Å²) in [5, 5.41) is 2.29. The summed E-state index contributed by atoms with van der Waals surface area (Å²) in [6.07, 6.45) is 4.61. The number of carbonyl (C=O) groups excluding carboxylic acids is 1. The van der Waals surface area contributed by atoms with Gasteiger partial charge in [-0.3, -0.25) is 4.79 Å². The van der Waals surface area contributed by atoms with E-state index < -0.39 is 0 Å². The third-order valence-corrected chi connectivity index (χ3v) is 4.57. The van der Waals surface area contributed by atoms with Gasteiger partial charge in [0.05, 0.1) is 5.56 Å². The lowest BCUT2D eigenvalue weighted by Crippen LogP contribution is -2.48. The quantitative estimate of drug-likeness (QED) is 0.703. The number of hydrogen-bond donors (Lipinski definition) is 0. The van der Waals surface area contributed by atoms with Gasteiger partial charge in [0, 0.05) is 12.6 Å². The van der Waals surface area contributed by atoms with Gasteiger partial charge in [-0.05, 0) is 42.0 Å². The van der Waals surface area contributed by atoms with Crippen LogP contribution in [0.25, 0.3) is 10.8 Å². The van der Waals surface area contributed by atoms with E-state index in [1.54, 1.807) is 0 Å². The molecule has 2 heterocycles. The van der Waals surface area contributed by atoms with Gasteiger partial charge >= 0.3 is 0 Å². The Morgan fingerprint density at radius 3 is 2.89 bits per heavy atom. The highest BCUT2D eigenvalue weighted by Crippen LogP contribution is 2.33. The zero-order chi connectivity index (χ0) is 12.8. The Hall–Kier alpha value is -1.83. The number of benzene rings is 2. The Balaban J connectivity index is 1.93. The molecular formula is C17H17NO. The van der Waals surface area contributed by atoms with Crippen molar-refractivity contribution in [2.24, 2.45) is 0 Å². The number of rotatable bonds is 0. The largest absolute Gasteiger partial charge is 0.335 e. The van der Waals surface area contributed by atoms with Crippen molar-refractivity contribution in [1.29, 1.82) is 0 Å². The van der Waals surface area contributed by atoms with Crippen molar-refractivity contribution in [3.05, 3.63) is 47.5 Å². The van der Waals surface area contributed by atoms with E-state index in [0.29, 0.717) is 6.04 Å². The average molecular weight is 251 g/mol. The Kier molecular flexibility index (Phi) is 2.37. The van der Waals surface area contributed by atoms with Crippen LogP contribution in [0.3, 0.4) is 0 Å². The SMILES string of the molecule is O=C1c2c(ccc3ccccc23)CC2CCCCN12. The number of fused-ring (bicyclic) bond motifs is 4. The topological polar surface area (TPSA) is 20.3 Å². The molecule has 0 radical (unpaired) electrons. The molecule has 0 aromatic heterocycles. The molecule has 2 heteroatoms. The highest BCUT2D eigenvalue weighted by Gasteiger charge is 2.34. The minimum Gasteiger partial charge on any atom is -0.335 e. The van der Waals surface area contributed by atoms with Crippen LogP contribution in [0, 0.1) is 0 Å². The third-order valence-electron chi connectivity index (χ3n) is 4.57. The highest BCUT2D eigenvalue weighted by molar-refractivity contribution is 6.09. The normalized spacial score (nSPS) is 22.2. The van der Waals surface area contributed by atoms with Gasteiger partial charge in [0.1, 0.15) is 0 Å². The second-order valence-electron chi connectivity index (χ2n) is 5.67. The van der Waals surface area contributed by atoms with Crippen molar-refractivity contribution in [3.63, 3.8) is 0 Å². The second kappa shape index (κ2) is 4.09. The Morgan fingerprint density at radius 1 is 1.05 bits per heavy atom. The smallest absolute Gasteiger partial charge is 0.255 e. The molecule has 0 N–H and O–H groups in total. The number of piperidine rings is 1. The zero-order valence-corrected chi connectivity index (χ0v) is 10.9. The molecule has 1 unspecified atom stereocenters. The maximum absolute atomic E-state index is 12.8. The van der Waals surface area contributed by atoms with E-state index in [-0.39, 0.29) is 5.91 Å². The summed E-state index contributed by atoms with van der Waals surface area (Å²) < 4.78 is 0. The molecule has 1 saturated heterocycles. The van der Waals surface area contributed by atoms with Crippen LogP contribution in [0.2, 0.25) is 0 Å². The minimum absolute atomic E-state index is 0.253. The minimum atomic E-state index is 0.253. The van der Waals surface area contributed by atoms with Crippen LogP contribution in [0.5, 0.6) is 0 Å². The highest BCUT2D eigenvalue weighted by atomic mass is 16.2. The number of carbonyl (C=O) groups is 1. The summed E-state index contributed by atoms with van der Waals surface area (Å²) >= 11 is 0. The molecule has 96 valence electrons. The van der Waals surface area contributed by atoms with E-state index in [9.17, 15) is 4.79 Å². The maximum atomic E-state index is 12.8. The van der Waals surface area contributed by atoms with E-state index in [0.717, 1.165) is 36.8 Å². The van der Waals surface area contributed by atoms with Gasteiger partial charge in [-0.1, -0.05) is 36.4 Å². The monoisotopic (exact) mass is 251 g/mol. The molecule has 2 aliphatic heterocycles. The van der Waals surface area contributed by atoms with Crippen molar-refractivity contribution in [1.82, 2.24) is 4.90 Å². The van der Waals surface area contributed by atoms with Gasteiger partial charge in [-0.2, -0.15) is 0 Å². The molecule has 1 amide bonds. The van der Waals surface area contributed by atoms with Gasteiger partial charge in [0.2, 0.25) is 0 Å². The molecule has 0 spiro atoms. The molecule has 4 rings (SSSR count). The van der Waals surface area contributed by atoms with E-state index in [2.05, 4.69) is 29.2 Å². The Morgan fingerprint density at radius 2 is 1.95 bits per heavy atom. The summed E-state index contributed by atoms with van der Waals surface area (Å²) in [6.45, 7) is 0.937. The van der Waals surface area contributed by atoms with Crippen molar-refractivity contribution in [3.8, 4) is 0 Å². The summed E-state index contributed by atoms with van der Waals surface area (Å²) in [4.78, 5) is 14.9. The van der Waals surface area contributed by atoms with Crippen LogP contribution in [0.15, 0.2) is 36.4 Å². The molecule has 2 aromatic carbocycles. The molecule has 0 aliphatic carbocycles. The van der Waals surface area contributed by atoms with Crippen LogP contribution in [0.4, 0.5) is 0 Å². The van der Waals surface area contributed by atoms with Gasteiger partial charge in [-0.15, -0.1) is 0 Å². The van der Waals surface area contributed by atoms with Crippen LogP contribution in [-0.2, 0) is 6.42 Å². The molecule has 1 fully saturated rings. The summed E-state index contributed by atoms with van der Waals surface area (Å²) in [7, 11) is 0. The lowest BCUT2D eigenvalue weighted by molar-refractivity contribution is 0.0585. The zero-order valence-electron chi connectivity index (χ0n) is 10.9. The molecular weight excluding hydrogens is 234 g/mol. The fourth-order valence-corrected chi connectivity index (χ4v) is 3.62. The lowest BCUT2D eigenvalue weighted by atomic mass is 9.85. The van der Waals surface area contributed by atoms with E-state index in [1.165, 1.54) is 17.4 Å². The molecule has 19 heavy (non-hydrogen) atoms. The first-order valence-electron chi connectivity index (χ1n) is 7.16. The first-order valence-corrected chi connectivity index (χ1v) is 7.16. The van der Waals surface area contributed by atoms with Crippen LogP contribution in [-0.4, -0.2) is 23.4 Å². The van der Waals surface area contributed by atoms with Gasteiger partial charge in [-0.25, -0.2) is 0 Å². The maximum Gasteiger partial charge on any atom is 0.255 e. The summed E-state index contributed by atoms with van der Waals surface area (Å²) in [5.41, 5.74) is 2.20. The molecule has 0 saturated carbocycles. The number of amides is 1. The lowest BCUT2D eigenvalue weighted by Gasteiger charge is -2.40.